The van der Waals surface area contributed by atoms with Crippen molar-refractivity contribution in [2.24, 2.45) is 0 Å². The maximum Gasteiger partial charge on any atom is 0.213 e. The fourth-order valence-corrected chi connectivity index (χ4v) is 2.39. The molecule has 0 unspecified atom stereocenters. The minimum absolute atomic E-state index is 0.275. The number of fused-ring (bicyclic) bond motifs is 1. The Hall–Kier alpha value is -2.28. The van der Waals surface area contributed by atoms with Gasteiger partial charge in [-0.15, -0.1) is 11.6 Å². The van der Waals surface area contributed by atoms with Gasteiger partial charge in [-0.25, -0.2) is 4.98 Å². The van der Waals surface area contributed by atoms with Crippen molar-refractivity contribution in [2.75, 3.05) is 14.2 Å². The van der Waals surface area contributed by atoms with Gasteiger partial charge in [-0.1, -0.05) is 5.16 Å². The molecule has 3 aromatic rings. The molecule has 0 aliphatic heterocycles. The van der Waals surface area contributed by atoms with E-state index in [0.29, 0.717) is 29.7 Å². The Bertz CT molecular complexity index is 754. The van der Waals surface area contributed by atoms with E-state index in [1.807, 2.05) is 16.7 Å². The predicted molar refractivity (Wildman–Crippen MR) is 75.8 cm³/mol. The van der Waals surface area contributed by atoms with E-state index in [1.54, 1.807) is 14.2 Å². The van der Waals surface area contributed by atoms with Crippen LogP contribution in [0.4, 0.5) is 0 Å². The number of hydrogen-bond acceptors (Lipinski definition) is 6. The second kappa shape index (κ2) is 5.61. The number of methoxy groups -OCH3 is 2. The Morgan fingerprint density at radius 2 is 2.00 bits per heavy atom. The average molecular weight is 309 g/mol. The molecule has 0 atom stereocenters. The van der Waals surface area contributed by atoms with Gasteiger partial charge in [-0.2, -0.15) is 4.98 Å². The largest absolute Gasteiger partial charge is 0.493 e. The highest BCUT2D eigenvalue weighted by Gasteiger charge is 2.16. The number of hydrogen-bond donors (Lipinski definition) is 0. The van der Waals surface area contributed by atoms with Crippen molar-refractivity contribution in [3.05, 3.63) is 30.2 Å². The summed E-state index contributed by atoms with van der Waals surface area (Å²) in [6, 6.07) is 3.67. The van der Waals surface area contributed by atoms with E-state index in [1.165, 1.54) is 6.39 Å². The molecule has 0 fully saturated rings. The van der Waals surface area contributed by atoms with E-state index in [9.17, 15) is 0 Å². The Labute approximate surface area is 125 Å². The topological polar surface area (TPSA) is 75.2 Å². The van der Waals surface area contributed by atoms with Crippen molar-refractivity contribution in [2.45, 2.75) is 12.4 Å². The molecule has 0 aliphatic carbocycles. The molecule has 0 spiro atoms. The molecular weight excluding hydrogens is 296 g/mol. The van der Waals surface area contributed by atoms with Crippen LogP contribution in [0.25, 0.3) is 11.0 Å². The van der Waals surface area contributed by atoms with E-state index < -0.39 is 0 Å². The Morgan fingerprint density at radius 1 is 1.24 bits per heavy atom. The molecule has 21 heavy (non-hydrogen) atoms. The highest BCUT2D eigenvalue weighted by Crippen LogP contribution is 2.32. The molecular formula is C13H13ClN4O3. The molecule has 0 radical (unpaired) electrons. The summed E-state index contributed by atoms with van der Waals surface area (Å²) in [5.74, 6) is 2.79. The summed E-state index contributed by atoms with van der Waals surface area (Å²) < 4.78 is 17.3. The lowest BCUT2D eigenvalue weighted by Gasteiger charge is -2.09. The van der Waals surface area contributed by atoms with Gasteiger partial charge in [0, 0.05) is 12.1 Å². The van der Waals surface area contributed by atoms with Crippen LogP contribution >= 0.6 is 11.6 Å². The van der Waals surface area contributed by atoms with E-state index in [0.717, 1.165) is 11.0 Å². The SMILES string of the molecule is COc1cc2nc(CCl)n(Cc3ncon3)c2cc1OC. The van der Waals surface area contributed by atoms with Crippen LogP contribution in [0.15, 0.2) is 23.0 Å². The molecule has 0 aliphatic rings. The second-order valence-corrected chi connectivity index (χ2v) is 4.56. The van der Waals surface area contributed by atoms with Gasteiger partial charge in [-0.3, -0.25) is 0 Å². The first-order valence-electron chi connectivity index (χ1n) is 6.19. The van der Waals surface area contributed by atoms with Gasteiger partial charge in [0.1, 0.15) is 5.82 Å². The third kappa shape index (κ3) is 2.40. The third-order valence-corrected chi connectivity index (χ3v) is 3.40. The van der Waals surface area contributed by atoms with Crippen LogP contribution < -0.4 is 9.47 Å². The van der Waals surface area contributed by atoms with Crippen LogP contribution in [-0.4, -0.2) is 33.9 Å². The van der Waals surface area contributed by atoms with Crippen molar-refractivity contribution in [3.8, 4) is 11.5 Å². The molecule has 0 saturated carbocycles. The summed E-state index contributed by atoms with van der Waals surface area (Å²) in [5, 5.41) is 3.82. The summed E-state index contributed by atoms with van der Waals surface area (Å²) in [7, 11) is 3.18. The lowest BCUT2D eigenvalue weighted by Crippen LogP contribution is -2.05. The summed E-state index contributed by atoms with van der Waals surface area (Å²) >= 11 is 5.98. The quantitative estimate of drug-likeness (QED) is 0.673. The normalized spacial score (nSPS) is 11.0. The number of aromatic nitrogens is 4. The van der Waals surface area contributed by atoms with Crippen molar-refractivity contribution in [1.82, 2.24) is 19.7 Å². The first-order chi connectivity index (χ1) is 10.3. The smallest absolute Gasteiger partial charge is 0.213 e. The van der Waals surface area contributed by atoms with Gasteiger partial charge in [-0.05, 0) is 0 Å². The first kappa shape index (κ1) is 13.7. The van der Waals surface area contributed by atoms with Crippen molar-refractivity contribution in [3.63, 3.8) is 0 Å². The van der Waals surface area contributed by atoms with Gasteiger partial charge in [0.2, 0.25) is 6.39 Å². The molecule has 3 rings (SSSR count). The molecule has 8 heteroatoms. The number of halogens is 1. The molecule has 2 aromatic heterocycles. The van der Waals surface area contributed by atoms with E-state index in [-0.39, 0.29) is 5.88 Å². The highest BCUT2D eigenvalue weighted by atomic mass is 35.5. The Morgan fingerprint density at radius 3 is 2.62 bits per heavy atom. The van der Waals surface area contributed by atoms with Crippen LogP contribution in [0, 0.1) is 0 Å². The summed E-state index contributed by atoms with van der Waals surface area (Å²) in [6.45, 7) is 0.421. The van der Waals surface area contributed by atoms with E-state index in [2.05, 4.69) is 15.1 Å². The lowest BCUT2D eigenvalue weighted by atomic mass is 10.2. The number of alkyl halides is 1. The second-order valence-electron chi connectivity index (χ2n) is 4.29. The minimum atomic E-state index is 0.275. The van der Waals surface area contributed by atoms with E-state index >= 15 is 0 Å². The summed E-state index contributed by atoms with van der Waals surface area (Å²) in [5.41, 5.74) is 1.64. The number of nitrogens with zero attached hydrogens (tertiary/aromatic N) is 4. The Balaban J connectivity index is 2.16. The zero-order chi connectivity index (χ0) is 14.8. The van der Waals surface area contributed by atoms with Crippen LogP contribution in [0.2, 0.25) is 0 Å². The van der Waals surface area contributed by atoms with Gasteiger partial charge in [0.15, 0.2) is 17.3 Å². The average Bonchev–Trinajstić information content (AvgIpc) is 3.14. The molecule has 2 heterocycles. The number of imidazole rings is 1. The predicted octanol–water partition coefficient (Wildman–Crippen LogP) is 2.22. The van der Waals surface area contributed by atoms with Crippen LogP contribution in [0.3, 0.4) is 0 Å². The van der Waals surface area contributed by atoms with Crippen LogP contribution in [0.5, 0.6) is 11.5 Å². The van der Waals surface area contributed by atoms with Crippen molar-refractivity contribution >= 4 is 22.6 Å². The standard InChI is InChI=1S/C13H13ClN4O3/c1-19-10-3-8-9(4-11(10)20-2)18(13(5-14)16-8)6-12-15-7-21-17-12/h3-4,7H,5-6H2,1-2H3. The number of ether oxygens (including phenoxy) is 2. The summed E-state index contributed by atoms with van der Waals surface area (Å²) in [4.78, 5) is 8.53. The molecule has 0 saturated heterocycles. The minimum Gasteiger partial charge on any atom is -0.493 e. The zero-order valence-electron chi connectivity index (χ0n) is 11.5. The highest BCUT2D eigenvalue weighted by molar-refractivity contribution is 6.16. The Kier molecular flexibility index (Phi) is 3.66. The molecule has 0 amide bonds. The van der Waals surface area contributed by atoms with Crippen LogP contribution in [0.1, 0.15) is 11.6 Å². The molecule has 7 nitrogen and oxygen atoms in total. The maximum absolute atomic E-state index is 5.98. The number of benzene rings is 1. The third-order valence-electron chi connectivity index (χ3n) is 3.16. The monoisotopic (exact) mass is 308 g/mol. The van der Waals surface area contributed by atoms with E-state index in [4.69, 9.17) is 25.6 Å². The number of rotatable bonds is 5. The van der Waals surface area contributed by atoms with Gasteiger partial charge < -0.3 is 18.6 Å². The van der Waals surface area contributed by atoms with Gasteiger partial charge in [0.25, 0.3) is 0 Å². The van der Waals surface area contributed by atoms with Gasteiger partial charge >= 0.3 is 0 Å². The summed E-state index contributed by atoms with van der Waals surface area (Å²) in [6.07, 6.45) is 1.29. The van der Waals surface area contributed by atoms with Crippen molar-refractivity contribution < 1.29 is 14.0 Å². The zero-order valence-corrected chi connectivity index (χ0v) is 12.3. The van der Waals surface area contributed by atoms with Crippen LogP contribution in [-0.2, 0) is 12.4 Å². The molecule has 0 N–H and O–H groups in total. The lowest BCUT2D eigenvalue weighted by molar-refractivity contribution is 0.355. The van der Waals surface area contributed by atoms with Crippen molar-refractivity contribution in [1.29, 1.82) is 0 Å². The maximum atomic E-state index is 5.98. The fraction of sp³-hybridized carbons (Fsp3) is 0.308. The first-order valence-corrected chi connectivity index (χ1v) is 6.72. The molecule has 1 aromatic carbocycles. The molecule has 0 bridgehead atoms. The molecule has 110 valence electrons. The van der Waals surface area contributed by atoms with Gasteiger partial charge in [0.05, 0.1) is 37.7 Å². The fourth-order valence-electron chi connectivity index (χ4n) is 2.18.